The van der Waals surface area contributed by atoms with Gasteiger partial charge < -0.3 is 15.4 Å². The molecule has 2 N–H and O–H groups in total. The second kappa shape index (κ2) is 12.2. The van der Waals surface area contributed by atoms with E-state index in [0.717, 1.165) is 12.0 Å². The summed E-state index contributed by atoms with van der Waals surface area (Å²) in [5.41, 5.74) is -1.82. The van der Waals surface area contributed by atoms with Crippen LogP contribution in [0.25, 0.3) is 0 Å². The summed E-state index contributed by atoms with van der Waals surface area (Å²) in [6.45, 7) is 3.62. The number of carbonyl (C=O) groups is 1. The Bertz CT molecular complexity index is 884. The Morgan fingerprint density at radius 3 is 2.09 bits per heavy atom. The molecule has 1 amide bonds. The average molecular weight is 490 g/mol. The molecule has 0 aliphatic rings. The Hall–Kier alpha value is -2.59. The third-order valence-electron chi connectivity index (χ3n) is 5.15. The highest BCUT2D eigenvalue weighted by Crippen LogP contribution is 2.37. The van der Waals surface area contributed by atoms with E-state index in [1.165, 1.54) is 13.8 Å². The number of carbonyl (C=O) groups excluding carboxylic acids is 1. The van der Waals surface area contributed by atoms with Gasteiger partial charge in [-0.1, -0.05) is 30.3 Å². The van der Waals surface area contributed by atoms with Crippen LogP contribution in [0.2, 0.25) is 0 Å². The van der Waals surface area contributed by atoms with Crippen molar-refractivity contribution < 1.29 is 35.9 Å². The van der Waals surface area contributed by atoms with Crippen LogP contribution in [0.4, 0.5) is 26.3 Å². The van der Waals surface area contributed by atoms with Crippen molar-refractivity contribution in [2.24, 2.45) is 0 Å². The molecule has 2 atom stereocenters. The molecule has 0 aliphatic carbocycles. The first-order valence-corrected chi connectivity index (χ1v) is 10.8. The van der Waals surface area contributed by atoms with Crippen LogP contribution in [-0.4, -0.2) is 31.6 Å². The van der Waals surface area contributed by atoms with E-state index in [1.807, 2.05) is 30.3 Å². The smallest absolute Gasteiger partial charge is 0.373 e. The summed E-state index contributed by atoms with van der Waals surface area (Å²) >= 11 is 0. The van der Waals surface area contributed by atoms with Gasteiger partial charge in [0, 0.05) is 26.1 Å². The van der Waals surface area contributed by atoms with Gasteiger partial charge in [-0.15, -0.1) is 0 Å². The van der Waals surface area contributed by atoms with Crippen LogP contribution in [0, 0.1) is 0 Å². The molecule has 10 heteroatoms. The van der Waals surface area contributed by atoms with Gasteiger partial charge in [0.05, 0.1) is 23.8 Å². The maximum absolute atomic E-state index is 13.0. The number of aryl methyl sites for hydroxylation is 1. The summed E-state index contributed by atoms with van der Waals surface area (Å²) < 4.78 is 83.7. The molecular formula is C24H28F6N2O2. The predicted octanol–water partition coefficient (Wildman–Crippen LogP) is 5.53. The highest BCUT2D eigenvalue weighted by Gasteiger charge is 2.37. The molecule has 2 aromatic rings. The Morgan fingerprint density at radius 2 is 1.56 bits per heavy atom. The van der Waals surface area contributed by atoms with Crippen molar-refractivity contribution in [3.05, 3.63) is 70.8 Å². The van der Waals surface area contributed by atoms with Gasteiger partial charge in [-0.05, 0) is 49.1 Å². The average Bonchev–Trinajstić information content (AvgIpc) is 2.75. The van der Waals surface area contributed by atoms with Gasteiger partial charge >= 0.3 is 12.4 Å². The zero-order valence-corrected chi connectivity index (χ0v) is 18.9. The van der Waals surface area contributed by atoms with E-state index >= 15 is 0 Å². The first kappa shape index (κ1) is 27.7. The van der Waals surface area contributed by atoms with E-state index in [2.05, 4.69) is 10.6 Å². The SMILES string of the molecule is CC(=O)N[C@@H](CCc1ccccc1)CNCCO[C@H](C)c1cc(C(F)(F)F)cc(C(F)(F)F)c1. The van der Waals surface area contributed by atoms with Crippen LogP contribution < -0.4 is 10.6 Å². The molecular weight excluding hydrogens is 462 g/mol. The molecule has 0 aromatic heterocycles. The number of hydrogen-bond acceptors (Lipinski definition) is 3. The number of rotatable bonds is 11. The zero-order chi connectivity index (χ0) is 25.4. The number of halogens is 6. The van der Waals surface area contributed by atoms with E-state index in [-0.39, 0.29) is 30.2 Å². The summed E-state index contributed by atoms with van der Waals surface area (Å²) in [6.07, 6.45) is -9.34. The minimum atomic E-state index is -4.91. The molecule has 0 saturated heterocycles. The van der Waals surface area contributed by atoms with Crippen molar-refractivity contribution >= 4 is 5.91 Å². The first-order chi connectivity index (χ1) is 15.9. The normalized spacial score (nSPS) is 14.0. The van der Waals surface area contributed by atoms with E-state index in [0.29, 0.717) is 31.6 Å². The number of alkyl halides is 6. The van der Waals surface area contributed by atoms with Crippen molar-refractivity contribution in [2.45, 2.75) is 51.2 Å². The zero-order valence-electron chi connectivity index (χ0n) is 18.9. The minimum absolute atomic E-state index is 0.0598. The lowest BCUT2D eigenvalue weighted by molar-refractivity contribution is -0.143. The highest BCUT2D eigenvalue weighted by atomic mass is 19.4. The van der Waals surface area contributed by atoms with Crippen LogP contribution in [0.5, 0.6) is 0 Å². The van der Waals surface area contributed by atoms with Crippen molar-refractivity contribution in [3.8, 4) is 0 Å². The Morgan fingerprint density at radius 1 is 0.971 bits per heavy atom. The second-order valence-electron chi connectivity index (χ2n) is 7.98. The number of amides is 1. The quantitative estimate of drug-likeness (QED) is 0.322. The van der Waals surface area contributed by atoms with E-state index in [1.54, 1.807) is 0 Å². The number of benzene rings is 2. The van der Waals surface area contributed by atoms with Crippen LogP contribution >= 0.6 is 0 Å². The molecule has 0 fully saturated rings. The summed E-state index contributed by atoms with van der Waals surface area (Å²) in [5.74, 6) is -0.172. The van der Waals surface area contributed by atoms with Gasteiger partial charge in [-0.25, -0.2) is 0 Å². The maximum Gasteiger partial charge on any atom is 0.416 e. The highest BCUT2D eigenvalue weighted by molar-refractivity contribution is 5.73. The lowest BCUT2D eigenvalue weighted by Gasteiger charge is -2.20. The minimum Gasteiger partial charge on any atom is -0.373 e. The summed E-state index contributed by atoms with van der Waals surface area (Å²) in [4.78, 5) is 11.5. The van der Waals surface area contributed by atoms with Gasteiger partial charge in [0.1, 0.15) is 0 Å². The van der Waals surface area contributed by atoms with Crippen molar-refractivity contribution in [1.82, 2.24) is 10.6 Å². The maximum atomic E-state index is 13.0. The fourth-order valence-corrected chi connectivity index (χ4v) is 3.39. The first-order valence-electron chi connectivity index (χ1n) is 10.8. The Labute approximate surface area is 194 Å². The molecule has 2 aromatic carbocycles. The summed E-state index contributed by atoms with van der Waals surface area (Å²) in [5, 5.41) is 5.97. The van der Waals surface area contributed by atoms with E-state index < -0.39 is 29.6 Å². The third kappa shape index (κ3) is 9.34. The van der Waals surface area contributed by atoms with Crippen LogP contribution in [0.1, 0.15) is 48.6 Å². The van der Waals surface area contributed by atoms with Gasteiger partial charge in [0.25, 0.3) is 0 Å². The molecule has 0 radical (unpaired) electrons. The largest absolute Gasteiger partial charge is 0.416 e. The molecule has 0 bridgehead atoms. The second-order valence-corrected chi connectivity index (χ2v) is 7.98. The van der Waals surface area contributed by atoms with Gasteiger partial charge in [-0.3, -0.25) is 4.79 Å². The van der Waals surface area contributed by atoms with Crippen molar-refractivity contribution in [3.63, 3.8) is 0 Å². The molecule has 2 rings (SSSR count). The van der Waals surface area contributed by atoms with Gasteiger partial charge in [0.2, 0.25) is 5.91 Å². The lowest BCUT2D eigenvalue weighted by Crippen LogP contribution is -2.42. The number of ether oxygens (including phenoxy) is 1. The fourth-order valence-electron chi connectivity index (χ4n) is 3.39. The standard InChI is InChI=1S/C24H28F6N2O2/c1-16(19-12-20(23(25,26)27)14-21(13-19)24(28,29)30)34-11-10-31-15-22(32-17(2)33)9-8-18-6-4-3-5-7-18/h3-7,12-14,16,22,31H,8-11,15H2,1-2H3,(H,32,33)/t16-,22+/m1/s1. The number of nitrogens with one attached hydrogen (secondary N) is 2. The molecule has 0 unspecified atom stereocenters. The van der Waals surface area contributed by atoms with E-state index in [9.17, 15) is 31.1 Å². The van der Waals surface area contributed by atoms with Gasteiger partial charge in [-0.2, -0.15) is 26.3 Å². The predicted molar refractivity (Wildman–Crippen MR) is 116 cm³/mol. The van der Waals surface area contributed by atoms with Crippen molar-refractivity contribution in [1.29, 1.82) is 0 Å². The van der Waals surface area contributed by atoms with Crippen LogP contribution in [0.15, 0.2) is 48.5 Å². The molecule has 4 nitrogen and oxygen atoms in total. The lowest BCUT2D eigenvalue weighted by atomic mass is 10.0. The Kier molecular flexibility index (Phi) is 9.93. The topological polar surface area (TPSA) is 50.4 Å². The summed E-state index contributed by atoms with van der Waals surface area (Å²) in [7, 11) is 0. The molecule has 0 aliphatic heterocycles. The molecule has 0 spiro atoms. The van der Waals surface area contributed by atoms with Crippen molar-refractivity contribution in [2.75, 3.05) is 19.7 Å². The fraction of sp³-hybridized carbons (Fsp3) is 0.458. The molecule has 0 saturated carbocycles. The molecule has 0 heterocycles. The summed E-state index contributed by atoms with van der Waals surface area (Å²) in [6, 6.07) is 11.1. The third-order valence-corrected chi connectivity index (χ3v) is 5.15. The Balaban J connectivity index is 1.88. The van der Waals surface area contributed by atoms with E-state index in [4.69, 9.17) is 4.74 Å². The van der Waals surface area contributed by atoms with Gasteiger partial charge in [0.15, 0.2) is 0 Å². The molecule has 188 valence electrons. The van der Waals surface area contributed by atoms with Crippen LogP contribution in [-0.2, 0) is 28.3 Å². The monoisotopic (exact) mass is 490 g/mol. The number of hydrogen-bond donors (Lipinski definition) is 2. The molecule has 34 heavy (non-hydrogen) atoms. The van der Waals surface area contributed by atoms with Crippen LogP contribution in [0.3, 0.4) is 0 Å².